The normalized spacial score (nSPS) is 26.6. The summed E-state index contributed by atoms with van der Waals surface area (Å²) in [5, 5.41) is 4.72. The van der Waals surface area contributed by atoms with E-state index in [9.17, 15) is 0 Å². The smallest absolute Gasteiger partial charge is 0.0595 e. The minimum atomic E-state index is 0.201. The van der Waals surface area contributed by atoms with E-state index in [1.165, 1.54) is 18.4 Å². The summed E-state index contributed by atoms with van der Waals surface area (Å²) in [4.78, 5) is 0. The van der Waals surface area contributed by atoms with Gasteiger partial charge in [-0.15, -0.1) is 0 Å². The molecule has 1 heterocycles. The van der Waals surface area contributed by atoms with Crippen LogP contribution in [0.4, 0.5) is 0 Å². The topological polar surface area (TPSA) is 12.0 Å². The van der Waals surface area contributed by atoms with Crippen molar-refractivity contribution < 1.29 is 0 Å². The largest absolute Gasteiger partial charge is 0.316 e. The van der Waals surface area contributed by atoms with Crippen LogP contribution < -0.4 is 5.32 Å². The maximum atomic E-state index is 6.04. The second-order valence-electron chi connectivity index (χ2n) is 4.47. The van der Waals surface area contributed by atoms with Crippen LogP contribution in [0.5, 0.6) is 0 Å². The van der Waals surface area contributed by atoms with E-state index in [0.29, 0.717) is 10.0 Å². The average Bonchev–Trinajstić information content (AvgIpc) is 2.23. The van der Waals surface area contributed by atoms with Crippen molar-refractivity contribution in [1.82, 2.24) is 5.32 Å². The zero-order valence-corrected chi connectivity index (χ0v) is 10.3. The lowest BCUT2D eigenvalue weighted by Crippen LogP contribution is -2.41. The fraction of sp³-hybridized carbons (Fsp3) is 0.500. The number of halogens is 2. The Morgan fingerprint density at radius 3 is 2.67 bits per heavy atom. The molecule has 15 heavy (non-hydrogen) atoms. The van der Waals surface area contributed by atoms with E-state index in [0.717, 1.165) is 13.1 Å². The Kier molecular flexibility index (Phi) is 3.24. The van der Waals surface area contributed by atoms with Gasteiger partial charge in [0, 0.05) is 12.0 Å². The first-order valence-corrected chi connectivity index (χ1v) is 6.04. The molecule has 82 valence electrons. The molecule has 0 aliphatic carbocycles. The molecule has 0 radical (unpaired) electrons. The summed E-state index contributed by atoms with van der Waals surface area (Å²) in [5.41, 5.74) is 1.48. The molecule has 1 saturated heterocycles. The lowest BCUT2D eigenvalue weighted by atomic mass is 9.77. The number of nitrogens with one attached hydrogen (secondary N) is 1. The predicted molar refractivity (Wildman–Crippen MR) is 65.9 cm³/mol. The standard InChI is InChI=1S/C12H15Cl2N/c1-12(5-2-6-15-8-12)9-3-4-10(13)11(14)7-9/h3-4,7,15H,2,5-6,8H2,1H3. The van der Waals surface area contributed by atoms with Crippen molar-refractivity contribution in [2.24, 2.45) is 0 Å². The Balaban J connectivity index is 2.31. The number of benzene rings is 1. The van der Waals surface area contributed by atoms with Crippen molar-refractivity contribution in [1.29, 1.82) is 0 Å². The summed E-state index contributed by atoms with van der Waals surface area (Å²) < 4.78 is 0. The molecular weight excluding hydrogens is 229 g/mol. The van der Waals surface area contributed by atoms with Crippen LogP contribution in [0.25, 0.3) is 0 Å². The highest BCUT2D eigenvalue weighted by atomic mass is 35.5. The Morgan fingerprint density at radius 1 is 1.27 bits per heavy atom. The fourth-order valence-corrected chi connectivity index (χ4v) is 2.47. The molecule has 1 aliphatic rings. The van der Waals surface area contributed by atoms with Crippen molar-refractivity contribution in [3.8, 4) is 0 Å². The van der Waals surface area contributed by atoms with Crippen LogP contribution in [0.1, 0.15) is 25.3 Å². The highest BCUT2D eigenvalue weighted by molar-refractivity contribution is 6.42. The van der Waals surface area contributed by atoms with Crippen LogP contribution in [0.3, 0.4) is 0 Å². The van der Waals surface area contributed by atoms with E-state index in [4.69, 9.17) is 23.2 Å². The Hall–Kier alpha value is -0.240. The van der Waals surface area contributed by atoms with Gasteiger partial charge in [-0.05, 0) is 37.1 Å². The van der Waals surface area contributed by atoms with Crippen molar-refractivity contribution in [2.75, 3.05) is 13.1 Å². The van der Waals surface area contributed by atoms with Gasteiger partial charge in [0.1, 0.15) is 0 Å². The highest BCUT2D eigenvalue weighted by Crippen LogP contribution is 2.34. The summed E-state index contributed by atoms with van der Waals surface area (Å²) in [6.07, 6.45) is 2.43. The van der Waals surface area contributed by atoms with Crippen LogP contribution in [-0.2, 0) is 5.41 Å². The maximum absolute atomic E-state index is 6.04. The zero-order valence-electron chi connectivity index (χ0n) is 8.82. The maximum Gasteiger partial charge on any atom is 0.0595 e. The predicted octanol–water partition coefficient (Wildman–Crippen LogP) is 3.63. The third kappa shape index (κ3) is 2.30. The molecule has 1 fully saturated rings. The number of hydrogen-bond acceptors (Lipinski definition) is 1. The van der Waals surface area contributed by atoms with Crippen LogP contribution >= 0.6 is 23.2 Å². The SMILES string of the molecule is CC1(c2ccc(Cl)c(Cl)c2)CCCNC1. The highest BCUT2D eigenvalue weighted by Gasteiger charge is 2.28. The van der Waals surface area contributed by atoms with Gasteiger partial charge >= 0.3 is 0 Å². The second kappa shape index (κ2) is 4.32. The number of hydrogen-bond donors (Lipinski definition) is 1. The summed E-state index contributed by atoms with van der Waals surface area (Å²) in [6.45, 7) is 4.42. The van der Waals surface area contributed by atoms with Gasteiger partial charge in [0.25, 0.3) is 0 Å². The molecule has 1 aromatic carbocycles. The summed E-state index contributed by atoms with van der Waals surface area (Å²) >= 11 is 12.0. The average molecular weight is 244 g/mol. The summed E-state index contributed by atoms with van der Waals surface area (Å²) in [5.74, 6) is 0. The summed E-state index contributed by atoms with van der Waals surface area (Å²) in [6, 6.07) is 5.97. The van der Waals surface area contributed by atoms with Crippen molar-refractivity contribution >= 4 is 23.2 Å². The minimum absolute atomic E-state index is 0.201. The van der Waals surface area contributed by atoms with Crippen molar-refractivity contribution in [3.63, 3.8) is 0 Å². The van der Waals surface area contributed by atoms with Gasteiger partial charge in [-0.1, -0.05) is 36.2 Å². The van der Waals surface area contributed by atoms with E-state index in [1.807, 2.05) is 12.1 Å². The fourth-order valence-electron chi connectivity index (χ4n) is 2.17. The molecule has 3 heteroatoms. The van der Waals surface area contributed by atoms with Crippen LogP contribution in [0, 0.1) is 0 Å². The second-order valence-corrected chi connectivity index (χ2v) is 5.28. The quantitative estimate of drug-likeness (QED) is 0.795. The molecule has 0 saturated carbocycles. The van der Waals surface area contributed by atoms with E-state index in [2.05, 4.69) is 18.3 Å². The number of piperidine rings is 1. The molecule has 1 atom stereocenters. The van der Waals surface area contributed by atoms with Crippen LogP contribution in [0.2, 0.25) is 10.0 Å². The lowest BCUT2D eigenvalue weighted by molar-refractivity contribution is 0.339. The molecule has 0 bridgehead atoms. The van der Waals surface area contributed by atoms with Crippen molar-refractivity contribution in [3.05, 3.63) is 33.8 Å². The third-order valence-corrected chi connectivity index (χ3v) is 3.95. The molecule has 1 aromatic rings. The Bertz CT molecular complexity index is 357. The van der Waals surface area contributed by atoms with Crippen LogP contribution in [0.15, 0.2) is 18.2 Å². The van der Waals surface area contributed by atoms with Gasteiger partial charge in [0.05, 0.1) is 10.0 Å². The molecule has 0 aromatic heterocycles. The monoisotopic (exact) mass is 243 g/mol. The minimum Gasteiger partial charge on any atom is -0.316 e. The van der Waals surface area contributed by atoms with E-state index >= 15 is 0 Å². The molecule has 1 nitrogen and oxygen atoms in total. The molecule has 0 spiro atoms. The van der Waals surface area contributed by atoms with E-state index < -0.39 is 0 Å². The van der Waals surface area contributed by atoms with Gasteiger partial charge in [-0.3, -0.25) is 0 Å². The van der Waals surface area contributed by atoms with Gasteiger partial charge in [-0.25, -0.2) is 0 Å². The Labute approximate surface area is 101 Å². The van der Waals surface area contributed by atoms with E-state index in [-0.39, 0.29) is 5.41 Å². The van der Waals surface area contributed by atoms with Crippen LogP contribution in [-0.4, -0.2) is 13.1 Å². The van der Waals surface area contributed by atoms with Gasteiger partial charge in [0.15, 0.2) is 0 Å². The van der Waals surface area contributed by atoms with Crippen molar-refractivity contribution in [2.45, 2.75) is 25.2 Å². The van der Waals surface area contributed by atoms with Gasteiger partial charge < -0.3 is 5.32 Å². The first-order valence-electron chi connectivity index (χ1n) is 5.28. The zero-order chi connectivity index (χ0) is 10.9. The molecule has 1 unspecified atom stereocenters. The molecular formula is C12H15Cl2N. The van der Waals surface area contributed by atoms with E-state index in [1.54, 1.807) is 0 Å². The third-order valence-electron chi connectivity index (χ3n) is 3.21. The molecule has 1 aliphatic heterocycles. The first kappa shape index (κ1) is 11.3. The molecule has 0 amide bonds. The molecule has 1 N–H and O–H groups in total. The van der Waals surface area contributed by atoms with Gasteiger partial charge in [-0.2, -0.15) is 0 Å². The summed E-state index contributed by atoms with van der Waals surface area (Å²) in [7, 11) is 0. The lowest BCUT2D eigenvalue weighted by Gasteiger charge is -2.34. The Morgan fingerprint density at radius 2 is 2.07 bits per heavy atom. The molecule has 2 rings (SSSR count). The van der Waals surface area contributed by atoms with Gasteiger partial charge in [0.2, 0.25) is 0 Å². The number of rotatable bonds is 1. The first-order chi connectivity index (χ1) is 7.12.